The van der Waals surface area contributed by atoms with Gasteiger partial charge >= 0.3 is 0 Å². The number of fused-ring (bicyclic) bond motifs is 1. The molecule has 0 bridgehead atoms. The van der Waals surface area contributed by atoms with E-state index in [9.17, 15) is 5.11 Å². The second kappa shape index (κ2) is 9.65. The molecule has 1 saturated heterocycles. The molecule has 0 spiro atoms. The minimum atomic E-state index is -0.781. The fourth-order valence-corrected chi connectivity index (χ4v) is 4.91. The van der Waals surface area contributed by atoms with E-state index < -0.39 is 5.60 Å². The Morgan fingerprint density at radius 3 is 2.45 bits per heavy atom. The van der Waals surface area contributed by atoms with Crippen LogP contribution in [0.25, 0.3) is 10.3 Å². The number of aromatic nitrogens is 2. The van der Waals surface area contributed by atoms with Gasteiger partial charge in [-0.25, -0.2) is 4.98 Å². The summed E-state index contributed by atoms with van der Waals surface area (Å²) in [6.07, 6.45) is 3.12. The maximum atomic E-state index is 11.0. The molecule has 0 amide bonds. The molecule has 170 valence electrons. The minimum Gasteiger partial charge on any atom is -0.492 e. The lowest BCUT2D eigenvalue weighted by Crippen LogP contribution is -2.43. The SMILES string of the molecule is OC1(c2ccc(Cl)cc2)CCN(CCOc2ccc(Oc3nc4ncccc4s3)cc2)CC1. The maximum Gasteiger partial charge on any atom is 0.281 e. The normalized spacial score (nSPS) is 16.1. The lowest BCUT2D eigenvalue weighted by molar-refractivity contribution is -0.0278. The van der Waals surface area contributed by atoms with Crippen LogP contribution in [-0.2, 0) is 5.60 Å². The summed E-state index contributed by atoms with van der Waals surface area (Å²) in [6.45, 7) is 3.05. The standard InChI is InChI=1S/C25H24ClN3O3S/c26-19-5-3-18(4-6-19)25(30)11-14-29(15-12-25)16-17-31-20-7-9-21(10-8-20)32-24-28-23-22(33-24)2-1-13-27-23/h1-10,13,30H,11-12,14-17H2. The fourth-order valence-electron chi connectivity index (χ4n) is 3.99. The van der Waals surface area contributed by atoms with Crippen molar-refractivity contribution in [2.24, 2.45) is 0 Å². The lowest BCUT2D eigenvalue weighted by atomic mass is 9.84. The van der Waals surface area contributed by atoms with E-state index >= 15 is 0 Å². The zero-order chi connectivity index (χ0) is 22.7. The van der Waals surface area contributed by atoms with E-state index in [4.69, 9.17) is 21.1 Å². The molecule has 1 aliphatic heterocycles. The largest absolute Gasteiger partial charge is 0.492 e. The number of aliphatic hydroxyl groups is 1. The summed E-state index contributed by atoms with van der Waals surface area (Å²) in [5.74, 6) is 1.50. The van der Waals surface area contributed by atoms with Crippen LogP contribution < -0.4 is 9.47 Å². The van der Waals surface area contributed by atoms with Gasteiger partial charge in [-0.2, -0.15) is 4.98 Å². The Morgan fingerprint density at radius 1 is 1.00 bits per heavy atom. The van der Waals surface area contributed by atoms with Crippen LogP contribution in [0.2, 0.25) is 5.02 Å². The molecule has 1 fully saturated rings. The molecule has 1 aliphatic rings. The molecule has 0 unspecified atom stereocenters. The van der Waals surface area contributed by atoms with Gasteiger partial charge in [0.15, 0.2) is 5.65 Å². The average Bonchev–Trinajstić information content (AvgIpc) is 3.24. The van der Waals surface area contributed by atoms with Gasteiger partial charge in [-0.15, -0.1) is 0 Å². The first-order valence-corrected chi connectivity index (χ1v) is 12.1. The highest BCUT2D eigenvalue weighted by Crippen LogP contribution is 2.33. The summed E-state index contributed by atoms with van der Waals surface area (Å²) >= 11 is 7.44. The number of thiazole rings is 1. The second-order valence-corrected chi connectivity index (χ2v) is 9.54. The molecule has 1 N–H and O–H groups in total. The van der Waals surface area contributed by atoms with Crippen molar-refractivity contribution in [3.63, 3.8) is 0 Å². The summed E-state index contributed by atoms with van der Waals surface area (Å²) in [5.41, 5.74) is 0.853. The second-order valence-electron chi connectivity index (χ2n) is 8.11. The Morgan fingerprint density at radius 2 is 1.73 bits per heavy atom. The number of piperidine rings is 1. The number of likely N-dealkylation sites (tertiary alicyclic amines) is 1. The van der Waals surface area contributed by atoms with Gasteiger partial charge in [0.25, 0.3) is 5.19 Å². The molecular weight excluding hydrogens is 458 g/mol. The number of benzene rings is 2. The Balaban J connectivity index is 1.08. The first-order chi connectivity index (χ1) is 16.1. The molecule has 0 radical (unpaired) electrons. The zero-order valence-corrected chi connectivity index (χ0v) is 19.6. The van der Waals surface area contributed by atoms with Crippen molar-refractivity contribution in [3.05, 3.63) is 77.4 Å². The van der Waals surface area contributed by atoms with E-state index in [1.54, 1.807) is 6.20 Å². The van der Waals surface area contributed by atoms with Crippen LogP contribution in [0, 0.1) is 0 Å². The first-order valence-electron chi connectivity index (χ1n) is 10.9. The van der Waals surface area contributed by atoms with Crippen LogP contribution in [0.4, 0.5) is 0 Å². The number of hydrogen-bond acceptors (Lipinski definition) is 7. The van der Waals surface area contributed by atoms with Gasteiger partial charge in [-0.3, -0.25) is 4.90 Å². The van der Waals surface area contributed by atoms with Crippen molar-refractivity contribution >= 4 is 33.3 Å². The molecule has 8 heteroatoms. The van der Waals surface area contributed by atoms with Gasteiger partial charge in [0.1, 0.15) is 18.1 Å². The summed E-state index contributed by atoms with van der Waals surface area (Å²) in [5, 5.41) is 12.3. The Hall–Kier alpha value is -2.71. The van der Waals surface area contributed by atoms with Crippen molar-refractivity contribution < 1.29 is 14.6 Å². The smallest absolute Gasteiger partial charge is 0.281 e. The highest BCUT2D eigenvalue weighted by atomic mass is 35.5. The van der Waals surface area contributed by atoms with Gasteiger partial charge in [0.05, 0.1) is 10.3 Å². The van der Waals surface area contributed by atoms with Crippen LogP contribution in [0.1, 0.15) is 18.4 Å². The van der Waals surface area contributed by atoms with Gasteiger partial charge < -0.3 is 14.6 Å². The molecule has 2 aromatic heterocycles. The van der Waals surface area contributed by atoms with Crippen molar-refractivity contribution in [1.82, 2.24) is 14.9 Å². The summed E-state index contributed by atoms with van der Waals surface area (Å²) in [4.78, 5) is 10.9. The number of nitrogens with zero attached hydrogens (tertiary/aromatic N) is 3. The van der Waals surface area contributed by atoms with Crippen LogP contribution in [0.3, 0.4) is 0 Å². The summed E-state index contributed by atoms with van der Waals surface area (Å²) < 4.78 is 12.8. The first kappa shape index (κ1) is 22.1. The number of halogens is 1. The van der Waals surface area contributed by atoms with Crippen LogP contribution in [0.5, 0.6) is 16.7 Å². The van der Waals surface area contributed by atoms with E-state index in [0.717, 1.165) is 35.6 Å². The third-order valence-corrected chi connectivity index (χ3v) is 7.06. The topological polar surface area (TPSA) is 67.7 Å². The van der Waals surface area contributed by atoms with Gasteiger partial charge in [-0.1, -0.05) is 35.1 Å². The Labute approximate surface area is 201 Å². The molecule has 6 nitrogen and oxygen atoms in total. The minimum absolute atomic E-state index is 0.570. The predicted molar refractivity (Wildman–Crippen MR) is 130 cm³/mol. The maximum absolute atomic E-state index is 11.0. The lowest BCUT2D eigenvalue weighted by Gasteiger charge is -2.38. The molecule has 5 rings (SSSR count). The van der Waals surface area contributed by atoms with Crippen molar-refractivity contribution in [1.29, 1.82) is 0 Å². The highest BCUT2D eigenvalue weighted by Gasteiger charge is 2.33. The van der Waals surface area contributed by atoms with Crippen molar-refractivity contribution in [2.45, 2.75) is 18.4 Å². The van der Waals surface area contributed by atoms with Crippen LogP contribution in [0.15, 0.2) is 66.9 Å². The van der Waals surface area contributed by atoms with Crippen molar-refractivity contribution in [3.8, 4) is 16.7 Å². The molecular formula is C25H24ClN3O3S. The number of pyridine rings is 1. The molecule has 0 saturated carbocycles. The Kier molecular flexibility index (Phi) is 6.46. The van der Waals surface area contributed by atoms with E-state index in [1.165, 1.54) is 11.3 Å². The quantitative estimate of drug-likeness (QED) is 0.376. The monoisotopic (exact) mass is 481 g/mol. The van der Waals surface area contributed by atoms with E-state index in [0.29, 0.717) is 41.1 Å². The molecule has 0 aliphatic carbocycles. The van der Waals surface area contributed by atoms with E-state index in [2.05, 4.69) is 14.9 Å². The fraction of sp³-hybridized carbons (Fsp3) is 0.280. The van der Waals surface area contributed by atoms with E-state index in [1.807, 2.05) is 60.7 Å². The van der Waals surface area contributed by atoms with Crippen LogP contribution in [-0.4, -0.2) is 46.2 Å². The average molecular weight is 482 g/mol. The molecule has 2 aromatic carbocycles. The third kappa shape index (κ3) is 5.28. The third-order valence-electron chi connectivity index (χ3n) is 5.92. The molecule has 0 atom stereocenters. The van der Waals surface area contributed by atoms with Crippen molar-refractivity contribution in [2.75, 3.05) is 26.2 Å². The zero-order valence-electron chi connectivity index (χ0n) is 18.0. The van der Waals surface area contributed by atoms with Gasteiger partial charge in [0, 0.05) is 30.9 Å². The molecule has 3 heterocycles. The van der Waals surface area contributed by atoms with E-state index in [-0.39, 0.29) is 0 Å². The number of rotatable bonds is 7. The Bertz CT molecular complexity index is 1170. The van der Waals surface area contributed by atoms with Gasteiger partial charge in [-0.05, 0) is 66.9 Å². The molecule has 33 heavy (non-hydrogen) atoms. The summed E-state index contributed by atoms with van der Waals surface area (Å²) in [7, 11) is 0. The summed E-state index contributed by atoms with van der Waals surface area (Å²) in [6, 6.07) is 18.9. The number of ether oxygens (including phenoxy) is 2. The van der Waals surface area contributed by atoms with Gasteiger partial charge in [0.2, 0.25) is 0 Å². The van der Waals surface area contributed by atoms with Crippen LogP contribution >= 0.6 is 22.9 Å². The highest BCUT2D eigenvalue weighted by molar-refractivity contribution is 7.20. The molecule has 4 aromatic rings. The predicted octanol–water partition coefficient (Wildman–Crippen LogP) is 5.50. The number of hydrogen-bond donors (Lipinski definition) is 1.